The first kappa shape index (κ1) is 15.5. The predicted molar refractivity (Wildman–Crippen MR) is 89.0 cm³/mol. The number of nitrogens with zero attached hydrogens (tertiary/aromatic N) is 2. The van der Waals surface area contributed by atoms with Gasteiger partial charge in [0.2, 0.25) is 11.0 Å². The Hall–Kier alpha value is -1.86. The van der Waals surface area contributed by atoms with Gasteiger partial charge in [0.05, 0.1) is 5.25 Å². The molecule has 0 aliphatic carbocycles. The molecule has 0 spiro atoms. The Labute approximate surface area is 131 Å². The van der Waals surface area contributed by atoms with Gasteiger partial charge in [-0.3, -0.25) is 4.79 Å². The number of hydrogen-bond donors (Lipinski definition) is 2. The first-order valence-electron chi connectivity index (χ1n) is 6.40. The quantitative estimate of drug-likeness (QED) is 0.605. The SMILES string of the molecule is C=CCNc1nnc(S[C@H](C)C(=O)Nc2ccccc2)s1. The molecule has 1 heterocycles. The largest absolute Gasteiger partial charge is 0.357 e. The van der Waals surface area contributed by atoms with E-state index in [1.54, 1.807) is 6.08 Å². The van der Waals surface area contributed by atoms with Gasteiger partial charge in [-0.25, -0.2) is 0 Å². The molecule has 0 saturated carbocycles. The second kappa shape index (κ2) is 7.80. The number of rotatable bonds is 7. The zero-order valence-corrected chi connectivity index (χ0v) is 13.2. The van der Waals surface area contributed by atoms with Crippen LogP contribution < -0.4 is 10.6 Å². The maximum absolute atomic E-state index is 12.1. The highest BCUT2D eigenvalue weighted by molar-refractivity contribution is 8.02. The smallest absolute Gasteiger partial charge is 0.237 e. The van der Waals surface area contributed by atoms with Gasteiger partial charge in [0.1, 0.15) is 0 Å². The molecule has 2 N–H and O–H groups in total. The highest BCUT2D eigenvalue weighted by Crippen LogP contribution is 2.29. The Bertz CT molecular complexity index is 600. The van der Waals surface area contributed by atoms with Crippen molar-refractivity contribution in [2.75, 3.05) is 17.2 Å². The van der Waals surface area contributed by atoms with Gasteiger partial charge in [-0.2, -0.15) is 0 Å². The van der Waals surface area contributed by atoms with Gasteiger partial charge in [-0.05, 0) is 19.1 Å². The van der Waals surface area contributed by atoms with Crippen molar-refractivity contribution in [3.05, 3.63) is 43.0 Å². The van der Waals surface area contributed by atoms with Crippen LogP contribution in [-0.4, -0.2) is 27.9 Å². The number of hydrogen-bond acceptors (Lipinski definition) is 6. The monoisotopic (exact) mass is 320 g/mol. The summed E-state index contributed by atoms with van der Waals surface area (Å²) in [5.74, 6) is -0.0537. The Morgan fingerprint density at radius 3 is 2.90 bits per heavy atom. The fraction of sp³-hybridized carbons (Fsp3) is 0.214. The fourth-order valence-electron chi connectivity index (χ4n) is 1.46. The number of thioether (sulfide) groups is 1. The van der Waals surface area contributed by atoms with Crippen LogP contribution in [0.3, 0.4) is 0 Å². The zero-order valence-electron chi connectivity index (χ0n) is 11.6. The van der Waals surface area contributed by atoms with Gasteiger partial charge in [0.15, 0.2) is 4.34 Å². The number of carbonyl (C=O) groups excluding carboxylic acids is 1. The lowest BCUT2D eigenvalue weighted by atomic mass is 10.3. The molecule has 110 valence electrons. The van der Waals surface area contributed by atoms with Crippen LogP contribution in [0.2, 0.25) is 0 Å². The molecule has 1 amide bonds. The molecule has 5 nitrogen and oxygen atoms in total. The number of nitrogens with one attached hydrogen (secondary N) is 2. The van der Waals surface area contributed by atoms with E-state index in [2.05, 4.69) is 27.4 Å². The molecule has 1 atom stereocenters. The molecule has 1 aromatic carbocycles. The molecule has 7 heteroatoms. The molecule has 2 rings (SSSR count). The van der Waals surface area contributed by atoms with Crippen LogP contribution in [0.25, 0.3) is 0 Å². The topological polar surface area (TPSA) is 66.9 Å². The molecular weight excluding hydrogens is 304 g/mol. The van der Waals surface area contributed by atoms with E-state index in [4.69, 9.17) is 0 Å². The van der Waals surface area contributed by atoms with Crippen LogP contribution in [0.1, 0.15) is 6.92 Å². The van der Waals surface area contributed by atoms with E-state index in [9.17, 15) is 4.79 Å². The lowest BCUT2D eigenvalue weighted by molar-refractivity contribution is -0.115. The summed E-state index contributed by atoms with van der Waals surface area (Å²) in [5.41, 5.74) is 0.792. The van der Waals surface area contributed by atoms with Crippen LogP contribution in [0.4, 0.5) is 10.8 Å². The molecule has 0 fully saturated rings. The second-order valence-electron chi connectivity index (χ2n) is 4.16. The molecule has 21 heavy (non-hydrogen) atoms. The summed E-state index contributed by atoms with van der Waals surface area (Å²) in [6.07, 6.45) is 1.75. The van der Waals surface area contributed by atoms with Gasteiger partial charge in [0.25, 0.3) is 0 Å². The van der Waals surface area contributed by atoms with Crippen molar-refractivity contribution in [1.29, 1.82) is 0 Å². The zero-order chi connectivity index (χ0) is 15.1. The Kier molecular flexibility index (Phi) is 5.77. The molecule has 0 unspecified atom stereocenters. The minimum Gasteiger partial charge on any atom is -0.357 e. The van der Waals surface area contributed by atoms with Crippen LogP contribution in [0.15, 0.2) is 47.3 Å². The summed E-state index contributed by atoms with van der Waals surface area (Å²) >= 11 is 2.82. The lowest BCUT2D eigenvalue weighted by Gasteiger charge is -2.09. The average molecular weight is 320 g/mol. The average Bonchev–Trinajstić information content (AvgIpc) is 2.93. The van der Waals surface area contributed by atoms with E-state index < -0.39 is 0 Å². The van der Waals surface area contributed by atoms with Gasteiger partial charge >= 0.3 is 0 Å². The Balaban J connectivity index is 1.88. The fourth-order valence-corrected chi connectivity index (χ4v) is 3.36. The minimum absolute atomic E-state index is 0.0537. The maximum Gasteiger partial charge on any atom is 0.237 e. The van der Waals surface area contributed by atoms with Crippen molar-refractivity contribution in [2.24, 2.45) is 0 Å². The van der Waals surface area contributed by atoms with E-state index in [0.717, 1.165) is 15.2 Å². The van der Waals surface area contributed by atoms with Crippen LogP contribution in [0.5, 0.6) is 0 Å². The molecule has 1 aromatic heterocycles. The number of amides is 1. The molecule has 0 bridgehead atoms. The summed E-state index contributed by atoms with van der Waals surface area (Å²) in [6, 6.07) is 9.40. The number of aromatic nitrogens is 2. The molecular formula is C14H16N4OS2. The van der Waals surface area contributed by atoms with Crippen LogP contribution >= 0.6 is 23.1 Å². The van der Waals surface area contributed by atoms with Crippen molar-refractivity contribution in [1.82, 2.24) is 10.2 Å². The summed E-state index contributed by atoms with van der Waals surface area (Å²) in [4.78, 5) is 12.1. The first-order chi connectivity index (χ1) is 10.2. The molecule has 0 radical (unpaired) electrons. The summed E-state index contributed by atoms with van der Waals surface area (Å²) < 4.78 is 0.761. The van der Waals surface area contributed by atoms with Gasteiger partial charge < -0.3 is 10.6 Å². The van der Waals surface area contributed by atoms with Crippen molar-refractivity contribution in [2.45, 2.75) is 16.5 Å². The Morgan fingerprint density at radius 1 is 1.43 bits per heavy atom. The first-order valence-corrected chi connectivity index (χ1v) is 8.09. The summed E-state index contributed by atoms with van der Waals surface area (Å²) in [7, 11) is 0. The van der Waals surface area contributed by atoms with E-state index in [1.807, 2.05) is 37.3 Å². The normalized spacial score (nSPS) is 11.7. The van der Waals surface area contributed by atoms with Crippen molar-refractivity contribution < 1.29 is 4.79 Å². The highest BCUT2D eigenvalue weighted by Gasteiger charge is 2.17. The van der Waals surface area contributed by atoms with E-state index in [-0.39, 0.29) is 11.2 Å². The van der Waals surface area contributed by atoms with Gasteiger partial charge in [-0.15, -0.1) is 16.8 Å². The van der Waals surface area contributed by atoms with Gasteiger partial charge in [-0.1, -0.05) is 47.4 Å². The highest BCUT2D eigenvalue weighted by atomic mass is 32.2. The van der Waals surface area contributed by atoms with E-state index in [1.165, 1.54) is 23.1 Å². The van der Waals surface area contributed by atoms with Crippen LogP contribution in [-0.2, 0) is 4.79 Å². The van der Waals surface area contributed by atoms with Crippen molar-refractivity contribution >= 4 is 39.8 Å². The molecule has 2 aromatic rings. The Morgan fingerprint density at radius 2 is 2.19 bits per heavy atom. The minimum atomic E-state index is -0.245. The number of carbonyl (C=O) groups is 1. The second-order valence-corrected chi connectivity index (χ2v) is 6.72. The standard InChI is InChI=1S/C14H16N4OS2/c1-3-9-15-13-17-18-14(21-13)20-10(2)12(19)16-11-7-5-4-6-8-11/h3-8,10H,1,9H2,2H3,(H,15,17)(H,16,19)/t10-/m1/s1. The third kappa shape index (κ3) is 4.87. The van der Waals surface area contributed by atoms with Crippen molar-refractivity contribution in [3.8, 4) is 0 Å². The number of benzene rings is 1. The van der Waals surface area contributed by atoms with Crippen LogP contribution in [0, 0.1) is 0 Å². The maximum atomic E-state index is 12.1. The van der Waals surface area contributed by atoms with E-state index >= 15 is 0 Å². The molecule has 0 saturated heterocycles. The third-order valence-electron chi connectivity index (χ3n) is 2.49. The third-order valence-corrected chi connectivity index (χ3v) is 4.56. The predicted octanol–water partition coefficient (Wildman–Crippen LogP) is 3.26. The lowest BCUT2D eigenvalue weighted by Crippen LogP contribution is -2.22. The number of para-hydroxylation sites is 1. The van der Waals surface area contributed by atoms with Gasteiger partial charge in [0, 0.05) is 12.2 Å². The summed E-state index contributed by atoms with van der Waals surface area (Å²) in [6.45, 7) is 6.12. The molecule has 0 aliphatic heterocycles. The van der Waals surface area contributed by atoms with E-state index in [0.29, 0.717) is 6.54 Å². The van der Waals surface area contributed by atoms with Crippen molar-refractivity contribution in [3.63, 3.8) is 0 Å². The number of anilines is 2. The summed E-state index contributed by atoms with van der Waals surface area (Å²) in [5, 5.41) is 14.5. The molecule has 0 aliphatic rings.